The Balaban J connectivity index is 3.78. The summed E-state index contributed by atoms with van der Waals surface area (Å²) in [5, 5.41) is 3.36. The number of alkyl halides is 2. The minimum Gasteiger partial charge on any atom is -0.357 e. The van der Waals surface area contributed by atoms with Crippen LogP contribution in [0.1, 0.15) is 19.8 Å². The molecule has 0 spiro atoms. The molecule has 0 aromatic carbocycles. The van der Waals surface area contributed by atoms with Crippen LogP contribution in [0.2, 0.25) is 5.11 Å². The highest BCUT2D eigenvalue weighted by molar-refractivity contribution is 9.26. The third-order valence-electron chi connectivity index (χ3n) is 2.47. The molecule has 2 N–H and O–H groups in total. The first-order valence-corrected chi connectivity index (χ1v) is 7.63. The Hall–Kier alpha value is 0.160. The Morgan fingerprint density at radius 2 is 1.65 bits per heavy atom. The zero-order chi connectivity index (χ0) is 16.0. The van der Waals surface area contributed by atoms with Crippen LogP contribution in [0.25, 0.3) is 0 Å². The van der Waals surface area contributed by atoms with Gasteiger partial charge in [-0.15, -0.1) is 0 Å². The molecule has 2 amide bonds. The van der Waals surface area contributed by atoms with Gasteiger partial charge >= 0.3 is 0 Å². The van der Waals surface area contributed by atoms with Gasteiger partial charge in [-0.2, -0.15) is 0 Å². The Bertz CT molecular complexity index is 345. The highest BCUT2D eigenvalue weighted by Gasteiger charge is 2.24. The molecule has 0 fully saturated rings. The van der Waals surface area contributed by atoms with E-state index in [1.165, 1.54) is 0 Å². The number of carbonyl (C=O) groups excluding carboxylic acids is 2. The summed E-state index contributed by atoms with van der Waals surface area (Å²) in [5.74, 6) is -0.754. The highest BCUT2D eigenvalue weighted by Crippen LogP contribution is 2.21. The van der Waals surface area contributed by atoms with Crippen LogP contribution in [0, 0.1) is 5.92 Å². The van der Waals surface area contributed by atoms with Crippen molar-refractivity contribution < 1.29 is 9.59 Å². The molecule has 0 aliphatic carbocycles. The van der Waals surface area contributed by atoms with Crippen molar-refractivity contribution in [3.05, 3.63) is 0 Å². The van der Waals surface area contributed by atoms with Crippen molar-refractivity contribution in [1.29, 1.82) is 0 Å². The van der Waals surface area contributed by atoms with E-state index in [0.29, 0.717) is 13.1 Å². The first kappa shape index (κ1) is 20.2. The zero-order valence-electron chi connectivity index (χ0n) is 11.3. The molecule has 4 nitrogen and oxygen atoms in total. The van der Waals surface area contributed by atoms with E-state index in [0.717, 1.165) is 12.8 Å². The molecule has 0 rings (SSSR count). The van der Waals surface area contributed by atoms with Crippen molar-refractivity contribution in [2.45, 2.75) is 28.0 Å². The molecule has 0 aromatic heterocycles. The number of nitrogens with one attached hydrogen (secondary N) is 2. The average molecular weight is 397 g/mol. The second kappa shape index (κ2) is 8.57. The Kier molecular flexibility index (Phi) is 8.63. The van der Waals surface area contributed by atoms with E-state index < -0.39 is 14.2 Å². The van der Waals surface area contributed by atoms with E-state index in [9.17, 15) is 9.59 Å². The van der Waals surface area contributed by atoms with Gasteiger partial charge in [0.2, 0.25) is 11.8 Å². The van der Waals surface area contributed by atoms with Gasteiger partial charge in [0.1, 0.15) is 11.0 Å². The van der Waals surface area contributed by atoms with Gasteiger partial charge in [0.15, 0.2) is 0 Å². The molecule has 8 radical (unpaired) electrons. The van der Waals surface area contributed by atoms with Gasteiger partial charge in [0, 0.05) is 13.1 Å². The number of hydrogen-bond donors (Lipinski definition) is 2. The number of hydrogen-bond acceptors (Lipinski definition) is 2. The summed E-state index contributed by atoms with van der Waals surface area (Å²) in [5.41, 5.74) is 0. The molecule has 0 saturated carbocycles. The molecule has 102 valence electrons. The molecule has 0 bridgehead atoms. The minimum atomic E-state index is -1.86. The van der Waals surface area contributed by atoms with Crippen LogP contribution >= 0.6 is 31.9 Å². The van der Waals surface area contributed by atoms with Gasteiger partial charge in [-0.25, -0.2) is 0 Å². The third-order valence-corrected chi connectivity index (χ3v) is 3.19. The van der Waals surface area contributed by atoms with E-state index in [-0.39, 0.29) is 11.8 Å². The van der Waals surface area contributed by atoms with E-state index >= 15 is 0 Å². The lowest BCUT2D eigenvalue weighted by Gasteiger charge is -2.21. The van der Waals surface area contributed by atoms with E-state index in [1.54, 1.807) is 0 Å². The first-order valence-electron chi connectivity index (χ1n) is 6.04. The smallest absolute Gasteiger partial charge is 0.238 e. The molecule has 0 aliphatic heterocycles. The van der Waals surface area contributed by atoms with Gasteiger partial charge in [0.05, 0.1) is 23.5 Å². The maximum absolute atomic E-state index is 11.4. The summed E-state index contributed by atoms with van der Waals surface area (Å²) in [4.78, 5) is 22.7. The molecular weight excluding hydrogens is 383 g/mol. The molecule has 0 saturated heterocycles. The SMILES string of the molecule is [B]C([B])([B])C(=O)NCC(C)CCCNC(=O)C([B])(Br)Br. The monoisotopic (exact) mass is 396 g/mol. The maximum Gasteiger partial charge on any atom is 0.238 e. The molecule has 10 heteroatoms. The molecule has 20 heavy (non-hydrogen) atoms. The van der Waals surface area contributed by atoms with E-state index in [4.69, 9.17) is 31.4 Å². The second-order valence-electron chi connectivity index (χ2n) is 4.77. The zero-order valence-corrected chi connectivity index (χ0v) is 14.5. The number of amides is 2. The molecular formula is C10H14B4Br2N2O2. The number of carbonyl (C=O) groups is 2. The largest absolute Gasteiger partial charge is 0.357 e. The summed E-state index contributed by atoms with van der Waals surface area (Å²) in [6, 6.07) is 0. The fraction of sp³-hybridized carbons (Fsp3) is 0.800. The van der Waals surface area contributed by atoms with Crippen molar-refractivity contribution >= 4 is 75.1 Å². The average Bonchev–Trinajstić information content (AvgIpc) is 2.28. The molecule has 0 aliphatic rings. The summed E-state index contributed by atoms with van der Waals surface area (Å²) < 4.78 is -1.24. The van der Waals surface area contributed by atoms with E-state index in [1.807, 2.05) is 6.92 Å². The van der Waals surface area contributed by atoms with Crippen LogP contribution in [0.3, 0.4) is 0 Å². The van der Waals surface area contributed by atoms with Crippen LogP contribution in [0.15, 0.2) is 0 Å². The predicted molar refractivity (Wildman–Crippen MR) is 90.7 cm³/mol. The normalized spacial score (nSPS) is 13.6. The highest BCUT2D eigenvalue weighted by atomic mass is 79.9. The molecule has 0 heterocycles. The number of halogens is 2. The third kappa shape index (κ3) is 9.16. The van der Waals surface area contributed by atoms with Crippen molar-refractivity contribution in [3.63, 3.8) is 0 Å². The predicted octanol–water partition coefficient (Wildman–Crippen LogP) is -0.174. The van der Waals surface area contributed by atoms with Crippen molar-refractivity contribution in [2.75, 3.05) is 13.1 Å². The molecule has 1 atom stereocenters. The van der Waals surface area contributed by atoms with Gasteiger partial charge in [-0.1, -0.05) is 43.9 Å². The lowest BCUT2D eigenvalue weighted by Crippen LogP contribution is -2.39. The van der Waals surface area contributed by atoms with Crippen molar-refractivity contribution in [3.8, 4) is 0 Å². The summed E-state index contributed by atoms with van der Waals surface area (Å²) in [6.45, 7) is 2.86. The topological polar surface area (TPSA) is 58.2 Å². The summed E-state index contributed by atoms with van der Waals surface area (Å²) in [6.07, 6.45) is 1.55. The van der Waals surface area contributed by atoms with Crippen LogP contribution in [0.4, 0.5) is 0 Å². The van der Waals surface area contributed by atoms with Gasteiger partial charge in [0.25, 0.3) is 0 Å². The standard InChI is InChI=1S/C10H14B4Br2N2O2/c1-6(5-18-7(19)9(11,12)13)3-2-4-17-8(20)10(14,15)16/h6H,2-5H2,1H3,(H,17,20)(H,18,19). The second-order valence-corrected chi connectivity index (χ2v) is 8.34. The Morgan fingerprint density at radius 3 is 2.10 bits per heavy atom. The fourth-order valence-corrected chi connectivity index (χ4v) is 1.57. The first-order chi connectivity index (χ1) is 8.94. The number of rotatable bonds is 8. The lowest BCUT2D eigenvalue weighted by atomic mass is 9.42. The van der Waals surface area contributed by atoms with Crippen LogP contribution < -0.4 is 10.6 Å². The van der Waals surface area contributed by atoms with Crippen molar-refractivity contribution in [1.82, 2.24) is 10.6 Å². The Morgan fingerprint density at radius 1 is 1.10 bits per heavy atom. The fourth-order valence-electron chi connectivity index (χ4n) is 1.29. The quantitative estimate of drug-likeness (QED) is 0.340. The van der Waals surface area contributed by atoms with Gasteiger partial charge in [-0.3, -0.25) is 9.59 Å². The van der Waals surface area contributed by atoms with Crippen molar-refractivity contribution in [2.24, 2.45) is 5.92 Å². The summed E-state index contributed by atoms with van der Waals surface area (Å²) >= 11 is 5.97. The summed E-state index contributed by atoms with van der Waals surface area (Å²) in [7, 11) is 21.2. The maximum atomic E-state index is 11.4. The van der Waals surface area contributed by atoms with Gasteiger partial charge < -0.3 is 10.6 Å². The molecule has 0 aromatic rings. The molecule has 1 unspecified atom stereocenters. The Labute approximate surface area is 142 Å². The minimum absolute atomic E-state index is 0.203. The van der Waals surface area contributed by atoms with Crippen LogP contribution in [-0.2, 0) is 9.59 Å². The lowest BCUT2D eigenvalue weighted by molar-refractivity contribution is -0.121. The van der Waals surface area contributed by atoms with Crippen LogP contribution in [-0.4, -0.2) is 59.4 Å². The van der Waals surface area contributed by atoms with E-state index in [2.05, 4.69) is 42.5 Å². The van der Waals surface area contributed by atoms with Gasteiger partial charge in [-0.05, 0) is 18.8 Å². The van der Waals surface area contributed by atoms with Crippen LogP contribution in [0.5, 0.6) is 0 Å².